The first-order chi connectivity index (χ1) is 13.1. The predicted octanol–water partition coefficient (Wildman–Crippen LogP) is 2.97. The fourth-order valence-corrected chi connectivity index (χ4v) is 2.36. The summed E-state index contributed by atoms with van der Waals surface area (Å²) < 4.78 is 10.5. The molecule has 2 aromatic rings. The van der Waals surface area contributed by atoms with Crippen molar-refractivity contribution < 1.29 is 19.1 Å². The average molecular weight is 371 g/mol. The Morgan fingerprint density at radius 2 is 1.96 bits per heavy atom. The van der Waals surface area contributed by atoms with Gasteiger partial charge in [0.25, 0.3) is 0 Å². The molecule has 27 heavy (non-hydrogen) atoms. The number of hydrogen-bond donors (Lipinski definition) is 2. The van der Waals surface area contributed by atoms with Crippen LogP contribution in [0.2, 0.25) is 0 Å². The maximum Gasteiger partial charge on any atom is 0.407 e. The minimum atomic E-state index is -0.514. The topological polar surface area (TPSA) is 89.5 Å². The van der Waals surface area contributed by atoms with Gasteiger partial charge in [-0.25, -0.2) is 4.79 Å². The summed E-state index contributed by atoms with van der Waals surface area (Å²) in [6, 6.07) is 11.3. The Balaban J connectivity index is 1.75. The third kappa shape index (κ3) is 7.35. The Hall–Kier alpha value is -3.09. The van der Waals surface area contributed by atoms with Crippen LogP contribution in [0.5, 0.6) is 5.75 Å². The van der Waals surface area contributed by atoms with Crippen LogP contribution < -0.4 is 15.4 Å². The molecule has 1 heterocycles. The van der Waals surface area contributed by atoms with E-state index in [4.69, 9.17) is 9.47 Å². The van der Waals surface area contributed by atoms with Crippen LogP contribution in [-0.4, -0.2) is 30.1 Å². The highest BCUT2D eigenvalue weighted by molar-refractivity contribution is 5.77. The zero-order chi connectivity index (χ0) is 19.5. The van der Waals surface area contributed by atoms with Gasteiger partial charge in [0.1, 0.15) is 12.4 Å². The highest BCUT2D eigenvalue weighted by atomic mass is 16.5. The van der Waals surface area contributed by atoms with Crippen molar-refractivity contribution in [2.45, 2.75) is 32.9 Å². The molecule has 0 bridgehead atoms. The van der Waals surface area contributed by atoms with E-state index in [1.54, 1.807) is 19.3 Å². The maximum atomic E-state index is 12.0. The average Bonchev–Trinajstić information content (AvgIpc) is 2.67. The molecule has 0 spiro atoms. The number of ether oxygens (including phenoxy) is 2. The molecule has 0 saturated carbocycles. The van der Waals surface area contributed by atoms with Gasteiger partial charge in [0, 0.05) is 30.9 Å². The fraction of sp³-hybridized carbons (Fsp3) is 0.350. The third-order valence-corrected chi connectivity index (χ3v) is 3.78. The lowest BCUT2D eigenvalue weighted by Crippen LogP contribution is -2.32. The molecule has 0 fully saturated rings. The van der Waals surface area contributed by atoms with Crippen molar-refractivity contribution in [3.05, 3.63) is 59.9 Å². The molecule has 2 N–H and O–H groups in total. The number of carbonyl (C=O) groups is 2. The Kier molecular flexibility index (Phi) is 8.09. The second-order valence-corrected chi connectivity index (χ2v) is 5.91. The number of pyridine rings is 1. The maximum absolute atomic E-state index is 12.0. The zero-order valence-electron chi connectivity index (χ0n) is 15.6. The van der Waals surface area contributed by atoms with E-state index in [2.05, 4.69) is 15.6 Å². The second-order valence-electron chi connectivity index (χ2n) is 5.91. The minimum absolute atomic E-state index is 0.142. The van der Waals surface area contributed by atoms with E-state index >= 15 is 0 Å². The van der Waals surface area contributed by atoms with Crippen molar-refractivity contribution >= 4 is 12.0 Å². The number of aromatic nitrogens is 1. The van der Waals surface area contributed by atoms with Crippen LogP contribution in [-0.2, 0) is 16.1 Å². The van der Waals surface area contributed by atoms with E-state index in [1.165, 1.54) is 0 Å². The zero-order valence-corrected chi connectivity index (χ0v) is 15.6. The van der Waals surface area contributed by atoms with Crippen LogP contribution in [0.3, 0.4) is 0 Å². The molecule has 0 radical (unpaired) electrons. The highest BCUT2D eigenvalue weighted by Crippen LogP contribution is 2.18. The van der Waals surface area contributed by atoms with Gasteiger partial charge < -0.3 is 20.1 Å². The summed E-state index contributed by atoms with van der Waals surface area (Å²) >= 11 is 0. The van der Waals surface area contributed by atoms with Crippen LogP contribution in [0.4, 0.5) is 4.79 Å². The summed E-state index contributed by atoms with van der Waals surface area (Å²) in [4.78, 5) is 27.2. The summed E-state index contributed by atoms with van der Waals surface area (Å²) in [5.41, 5.74) is 1.97. The van der Waals surface area contributed by atoms with Gasteiger partial charge in [-0.15, -0.1) is 0 Å². The van der Waals surface area contributed by atoms with Gasteiger partial charge in [-0.2, -0.15) is 0 Å². The number of alkyl carbamates (subject to hydrolysis) is 1. The highest BCUT2D eigenvalue weighted by Gasteiger charge is 2.10. The third-order valence-electron chi connectivity index (χ3n) is 3.78. The van der Waals surface area contributed by atoms with Crippen molar-refractivity contribution in [2.24, 2.45) is 0 Å². The lowest BCUT2D eigenvalue weighted by molar-refractivity contribution is -0.121. The first-order valence-electron chi connectivity index (χ1n) is 8.90. The molecule has 0 saturated heterocycles. The van der Waals surface area contributed by atoms with Crippen molar-refractivity contribution in [2.75, 3.05) is 13.2 Å². The van der Waals surface area contributed by atoms with Crippen LogP contribution in [0.15, 0.2) is 48.8 Å². The smallest absolute Gasteiger partial charge is 0.407 e. The Labute approximate surface area is 159 Å². The van der Waals surface area contributed by atoms with Crippen LogP contribution in [0.1, 0.15) is 37.4 Å². The largest absolute Gasteiger partial charge is 0.489 e. The van der Waals surface area contributed by atoms with Gasteiger partial charge in [0.05, 0.1) is 12.6 Å². The summed E-state index contributed by atoms with van der Waals surface area (Å²) in [6.07, 6.45) is 3.17. The van der Waals surface area contributed by atoms with E-state index in [0.717, 1.165) is 16.9 Å². The Bertz CT molecular complexity index is 720. The lowest BCUT2D eigenvalue weighted by atomic mass is 10.1. The van der Waals surface area contributed by atoms with Gasteiger partial charge in [-0.3, -0.25) is 9.78 Å². The number of benzene rings is 1. The van der Waals surface area contributed by atoms with E-state index in [-0.39, 0.29) is 24.9 Å². The first-order valence-corrected chi connectivity index (χ1v) is 8.90. The molecule has 2 amide bonds. The number of nitrogens with one attached hydrogen (secondary N) is 2. The normalized spacial score (nSPS) is 11.3. The Morgan fingerprint density at radius 1 is 1.19 bits per heavy atom. The summed E-state index contributed by atoms with van der Waals surface area (Å²) in [5.74, 6) is 0.607. The van der Waals surface area contributed by atoms with E-state index in [1.807, 2.05) is 43.3 Å². The minimum Gasteiger partial charge on any atom is -0.489 e. The second kappa shape index (κ2) is 10.8. The molecular formula is C20H25N3O4. The Morgan fingerprint density at radius 3 is 2.63 bits per heavy atom. The van der Waals surface area contributed by atoms with Crippen LogP contribution in [0, 0.1) is 0 Å². The fourth-order valence-electron chi connectivity index (χ4n) is 2.36. The number of amides is 2. The van der Waals surface area contributed by atoms with Crippen molar-refractivity contribution in [1.29, 1.82) is 0 Å². The van der Waals surface area contributed by atoms with E-state index in [9.17, 15) is 9.59 Å². The molecule has 2 rings (SSSR count). The summed E-state index contributed by atoms with van der Waals surface area (Å²) in [6.45, 7) is 4.62. The van der Waals surface area contributed by atoms with Gasteiger partial charge in [0.2, 0.25) is 5.91 Å². The first kappa shape index (κ1) is 20.2. The van der Waals surface area contributed by atoms with Crippen molar-refractivity contribution in [3.8, 4) is 5.75 Å². The van der Waals surface area contributed by atoms with Gasteiger partial charge >= 0.3 is 6.09 Å². The quantitative estimate of drug-likeness (QED) is 0.707. The van der Waals surface area contributed by atoms with Crippen molar-refractivity contribution in [1.82, 2.24) is 15.6 Å². The number of nitrogens with zero attached hydrogens (tertiary/aromatic N) is 1. The van der Waals surface area contributed by atoms with Crippen LogP contribution >= 0.6 is 0 Å². The van der Waals surface area contributed by atoms with Gasteiger partial charge in [-0.05, 0) is 37.6 Å². The van der Waals surface area contributed by atoms with E-state index in [0.29, 0.717) is 13.2 Å². The monoisotopic (exact) mass is 371 g/mol. The molecule has 1 aromatic heterocycles. The molecule has 1 aromatic carbocycles. The summed E-state index contributed by atoms with van der Waals surface area (Å²) in [5, 5.41) is 5.42. The molecule has 7 nitrogen and oxygen atoms in total. The molecule has 0 aliphatic heterocycles. The number of rotatable bonds is 9. The lowest BCUT2D eigenvalue weighted by Gasteiger charge is -2.15. The van der Waals surface area contributed by atoms with E-state index < -0.39 is 6.09 Å². The molecule has 7 heteroatoms. The number of carbonyl (C=O) groups excluding carboxylic acids is 2. The van der Waals surface area contributed by atoms with Gasteiger partial charge in [-0.1, -0.05) is 18.2 Å². The molecule has 0 aliphatic rings. The molecule has 1 atom stereocenters. The molecule has 0 aliphatic carbocycles. The standard InChI is InChI=1S/C20H25N3O4/c1-3-26-20(25)22-12-10-19(24)23-15(2)17-6-8-18(9-7-17)27-14-16-5-4-11-21-13-16/h4-9,11,13,15H,3,10,12,14H2,1-2H3,(H,22,25)(H,23,24). The van der Waals surface area contributed by atoms with Crippen molar-refractivity contribution in [3.63, 3.8) is 0 Å². The molecule has 1 unspecified atom stereocenters. The molecule has 144 valence electrons. The molecular weight excluding hydrogens is 346 g/mol. The summed E-state index contributed by atoms with van der Waals surface area (Å²) in [7, 11) is 0. The SMILES string of the molecule is CCOC(=O)NCCC(=O)NC(C)c1ccc(OCc2cccnc2)cc1. The predicted molar refractivity (Wildman–Crippen MR) is 101 cm³/mol. The number of hydrogen-bond acceptors (Lipinski definition) is 5. The van der Waals surface area contributed by atoms with Crippen LogP contribution in [0.25, 0.3) is 0 Å². The van der Waals surface area contributed by atoms with Gasteiger partial charge in [0.15, 0.2) is 0 Å².